The molecule has 22 heavy (non-hydrogen) atoms. The van der Waals surface area contributed by atoms with Gasteiger partial charge in [0, 0.05) is 25.6 Å². The molecule has 2 heterocycles. The Morgan fingerprint density at radius 2 is 2.23 bits per heavy atom. The summed E-state index contributed by atoms with van der Waals surface area (Å²) in [4.78, 5) is 27.1. The minimum atomic E-state index is -0.237. The molecule has 1 N–H and O–H groups in total. The monoisotopic (exact) mass is 326 g/mol. The van der Waals surface area contributed by atoms with Crippen molar-refractivity contribution in [2.24, 2.45) is 0 Å². The number of hydrogen-bond acceptors (Lipinski definition) is 5. The number of likely N-dealkylation sites (N-methyl/N-ethyl adjacent to an activating group) is 1. The van der Waals surface area contributed by atoms with Gasteiger partial charge in [-0.25, -0.2) is 0 Å². The second kappa shape index (κ2) is 7.71. The molecule has 1 aliphatic rings. The zero-order valence-electron chi connectivity index (χ0n) is 13.1. The molecular weight excluding hydrogens is 304 g/mol. The van der Waals surface area contributed by atoms with Crippen molar-refractivity contribution in [2.45, 2.75) is 25.5 Å². The second-order valence-corrected chi connectivity index (χ2v) is 6.78. The Kier molecular flexibility index (Phi) is 5.93. The van der Waals surface area contributed by atoms with Crippen LogP contribution in [-0.2, 0) is 14.3 Å². The molecule has 0 radical (unpaired) electrons. The summed E-state index contributed by atoms with van der Waals surface area (Å²) >= 11 is 1.45. The van der Waals surface area contributed by atoms with E-state index in [1.807, 2.05) is 19.1 Å². The lowest BCUT2D eigenvalue weighted by Crippen LogP contribution is -2.51. The number of thiophene rings is 1. The highest BCUT2D eigenvalue weighted by Crippen LogP contribution is 2.17. The molecule has 1 saturated heterocycles. The Morgan fingerprint density at radius 3 is 2.86 bits per heavy atom. The first-order valence-corrected chi connectivity index (χ1v) is 8.06. The van der Waals surface area contributed by atoms with E-state index in [0.717, 1.165) is 4.88 Å². The highest BCUT2D eigenvalue weighted by Gasteiger charge is 2.29. The molecule has 1 aromatic heterocycles. The third-order valence-corrected chi connectivity index (χ3v) is 4.49. The van der Waals surface area contributed by atoms with Gasteiger partial charge >= 0.3 is 0 Å². The minimum absolute atomic E-state index is 0.0160. The van der Waals surface area contributed by atoms with Crippen LogP contribution in [0.25, 0.3) is 0 Å². The molecule has 0 spiro atoms. The van der Waals surface area contributed by atoms with Gasteiger partial charge in [-0.05, 0) is 25.5 Å². The highest BCUT2D eigenvalue weighted by molar-refractivity contribution is 7.13. The van der Waals surface area contributed by atoms with Crippen LogP contribution < -0.4 is 5.32 Å². The molecule has 0 bridgehead atoms. The first kappa shape index (κ1) is 16.9. The standard InChI is InChI=1S/C15H22N2O4S/c1-10-4-5-13(22-10)15(19)16-11-8-20-7-6-12(11)21-9-14(18)17(2)3/h4-5,11-12H,6-9H2,1-3H3,(H,16,19)/t11-,12+/m1/s1. The fourth-order valence-corrected chi connectivity index (χ4v) is 2.93. The summed E-state index contributed by atoms with van der Waals surface area (Å²) in [7, 11) is 3.38. The first-order valence-electron chi connectivity index (χ1n) is 7.24. The van der Waals surface area contributed by atoms with Crippen molar-refractivity contribution in [3.63, 3.8) is 0 Å². The minimum Gasteiger partial charge on any atom is -0.379 e. The van der Waals surface area contributed by atoms with E-state index >= 15 is 0 Å². The molecule has 7 heteroatoms. The SMILES string of the molecule is Cc1ccc(C(=O)N[C@@H]2COCC[C@@H]2OCC(=O)N(C)C)s1. The van der Waals surface area contributed by atoms with Gasteiger partial charge in [-0.3, -0.25) is 9.59 Å². The summed E-state index contributed by atoms with van der Waals surface area (Å²) in [5, 5.41) is 2.95. The van der Waals surface area contributed by atoms with Gasteiger partial charge in [0.25, 0.3) is 5.91 Å². The molecule has 1 aliphatic heterocycles. The molecule has 2 amide bonds. The third-order valence-electron chi connectivity index (χ3n) is 3.49. The maximum atomic E-state index is 12.2. The number of carbonyl (C=O) groups excluding carboxylic acids is 2. The summed E-state index contributed by atoms with van der Waals surface area (Å²) in [5.74, 6) is -0.216. The second-order valence-electron chi connectivity index (χ2n) is 5.49. The van der Waals surface area contributed by atoms with Crippen molar-refractivity contribution >= 4 is 23.2 Å². The van der Waals surface area contributed by atoms with Crippen molar-refractivity contribution in [3.05, 3.63) is 21.9 Å². The molecule has 0 aromatic carbocycles. The Morgan fingerprint density at radius 1 is 1.45 bits per heavy atom. The largest absolute Gasteiger partial charge is 0.379 e. The van der Waals surface area contributed by atoms with Crippen LogP contribution in [0.5, 0.6) is 0 Å². The third kappa shape index (κ3) is 4.53. The lowest BCUT2D eigenvalue weighted by atomic mass is 10.1. The van der Waals surface area contributed by atoms with E-state index in [0.29, 0.717) is 24.5 Å². The van der Waals surface area contributed by atoms with Crippen LogP contribution in [0.1, 0.15) is 21.0 Å². The summed E-state index contributed by atoms with van der Waals surface area (Å²) in [6.07, 6.45) is 0.456. The maximum Gasteiger partial charge on any atom is 0.261 e. The van der Waals surface area contributed by atoms with Gasteiger partial charge in [-0.2, -0.15) is 0 Å². The molecule has 2 rings (SSSR count). The number of amides is 2. The molecule has 1 fully saturated rings. The molecule has 0 aliphatic carbocycles. The van der Waals surface area contributed by atoms with Gasteiger partial charge in [0.05, 0.1) is 23.6 Å². The molecule has 0 unspecified atom stereocenters. The Bertz CT molecular complexity index is 529. The van der Waals surface area contributed by atoms with Crippen LogP contribution in [0.4, 0.5) is 0 Å². The highest BCUT2D eigenvalue weighted by atomic mass is 32.1. The van der Waals surface area contributed by atoms with Gasteiger partial charge in [0.2, 0.25) is 5.91 Å². The lowest BCUT2D eigenvalue weighted by molar-refractivity contribution is -0.138. The summed E-state index contributed by atoms with van der Waals surface area (Å²) < 4.78 is 11.1. The topological polar surface area (TPSA) is 67.9 Å². The molecule has 2 atom stereocenters. The van der Waals surface area contributed by atoms with Gasteiger partial charge in [0.15, 0.2) is 0 Å². The van der Waals surface area contributed by atoms with Crippen LogP contribution >= 0.6 is 11.3 Å². The van der Waals surface area contributed by atoms with Crippen LogP contribution in [0, 0.1) is 6.92 Å². The zero-order valence-corrected chi connectivity index (χ0v) is 13.9. The van der Waals surface area contributed by atoms with Gasteiger partial charge in [-0.15, -0.1) is 11.3 Å². The predicted molar refractivity (Wildman–Crippen MR) is 84.2 cm³/mol. The fraction of sp³-hybridized carbons (Fsp3) is 0.600. The van der Waals surface area contributed by atoms with E-state index in [4.69, 9.17) is 9.47 Å². The summed E-state index contributed by atoms with van der Waals surface area (Å²) in [6, 6.07) is 3.49. The average Bonchev–Trinajstić information content (AvgIpc) is 2.92. The van der Waals surface area contributed by atoms with Crippen molar-refractivity contribution in [1.82, 2.24) is 10.2 Å². The number of aryl methyl sites for hydroxylation is 1. The number of rotatable bonds is 5. The molecular formula is C15H22N2O4S. The summed E-state index contributed by atoms with van der Waals surface area (Å²) in [5.41, 5.74) is 0. The predicted octanol–water partition coefficient (Wildman–Crippen LogP) is 1.05. The van der Waals surface area contributed by atoms with Gasteiger partial charge in [0.1, 0.15) is 6.61 Å². The van der Waals surface area contributed by atoms with Crippen molar-refractivity contribution < 1.29 is 19.1 Å². The van der Waals surface area contributed by atoms with Crippen LogP contribution in [0.2, 0.25) is 0 Å². The lowest BCUT2D eigenvalue weighted by Gasteiger charge is -2.32. The first-order chi connectivity index (χ1) is 10.5. The average molecular weight is 326 g/mol. The fourth-order valence-electron chi connectivity index (χ4n) is 2.16. The normalized spacial score (nSPS) is 21.4. The number of nitrogens with one attached hydrogen (secondary N) is 1. The van der Waals surface area contributed by atoms with Crippen molar-refractivity contribution in [2.75, 3.05) is 33.9 Å². The van der Waals surface area contributed by atoms with E-state index in [9.17, 15) is 9.59 Å². The van der Waals surface area contributed by atoms with E-state index in [1.54, 1.807) is 14.1 Å². The Hall–Kier alpha value is -1.44. The molecule has 1 aromatic rings. The maximum absolute atomic E-state index is 12.2. The Labute approximate surface area is 134 Å². The van der Waals surface area contributed by atoms with Crippen molar-refractivity contribution in [1.29, 1.82) is 0 Å². The molecule has 6 nitrogen and oxygen atoms in total. The van der Waals surface area contributed by atoms with E-state index in [-0.39, 0.29) is 30.6 Å². The number of hydrogen-bond donors (Lipinski definition) is 1. The van der Waals surface area contributed by atoms with Crippen LogP contribution in [0.3, 0.4) is 0 Å². The summed E-state index contributed by atoms with van der Waals surface area (Å²) in [6.45, 7) is 2.95. The number of carbonyl (C=O) groups is 2. The quantitative estimate of drug-likeness (QED) is 0.878. The van der Waals surface area contributed by atoms with E-state index < -0.39 is 0 Å². The van der Waals surface area contributed by atoms with E-state index in [2.05, 4.69) is 5.32 Å². The van der Waals surface area contributed by atoms with E-state index in [1.165, 1.54) is 16.2 Å². The molecule has 0 saturated carbocycles. The van der Waals surface area contributed by atoms with Gasteiger partial charge < -0.3 is 19.7 Å². The zero-order chi connectivity index (χ0) is 16.1. The van der Waals surface area contributed by atoms with Crippen LogP contribution in [0.15, 0.2) is 12.1 Å². The Balaban J connectivity index is 1.91. The van der Waals surface area contributed by atoms with Crippen LogP contribution in [-0.4, -0.2) is 62.8 Å². The smallest absolute Gasteiger partial charge is 0.261 e. The number of nitrogens with zero attached hydrogens (tertiary/aromatic N) is 1. The van der Waals surface area contributed by atoms with Gasteiger partial charge in [-0.1, -0.05) is 0 Å². The molecule has 122 valence electrons. The van der Waals surface area contributed by atoms with Crippen molar-refractivity contribution in [3.8, 4) is 0 Å². The number of ether oxygens (including phenoxy) is 2.